The molecule has 2 rings (SSSR count). The van der Waals surface area contributed by atoms with Crippen LogP contribution in [0.15, 0.2) is 48.5 Å². The van der Waals surface area contributed by atoms with Gasteiger partial charge in [0.2, 0.25) is 0 Å². The number of amides is 1. The van der Waals surface area contributed by atoms with E-state index >= 15 is 0 Å². The first-order valence-electron chi connectivity index (χ1n) is 6.99. The summed E-state index contributed by atoms with van der Waals surface area (Å²) in [5.74, 6) is -0.502. The van der Waals surface area contributed by atoms with Gasteiger partial charge in [-0.3, -0.25) is 4.79 Å². The van der Waals surface area contributed by atoms with Crippen molar-refractivity contribution in [2.24, 2.45) is 5.41 Å². The fraction of sp³-hybridized carbons (Fsp3) is 0.278. The predicted molar refractivity (Wildman–Crippen MR) is 84.0 cm³/mol. The van der Waals surface area contributed by atoms with Gasteiger partial charge >= 0.3 is 0 Å². The maximum Gasteiger partial charge on any atom is 0.255 e. The summed E-state index contributed by atoms with van der Waals surface area (Å²) in [5, 5.41) is 2.77. The van der Waals surface area contributed by atoms with Gasteiger partial charge in [-0.15, -0.1) is 0 Å². The van der Waals surface area contributed by atoms with Crippen LogP contribution in [0.25, 0.3) is 0 Å². The van der Waals surface area contributed by atoms with Crippen molar-refractivity contribution in [3.05, 3.63) is 65.5 Å². The second-order valence-corrected chi connectivity index (χ2v) is 6.40. The standard InChI is InChI=1S/C18H20FNO/c1-18(2,3)12-13-5-4-6-14(11-13)17(21)20-16-9-7-15(19)8-10-16/h4-11H,12H2,1-3H3,(H,20,21). The Bertz CT molecular complexity index is 626. The number of rotatable bonds is 3. The summed E-state index contributed by atoms with van der Waals surface area (Å²) in [6.07, 6.45) is 0.907. The van der Waals surface area contributed by atoms with Crippen LogP contribution in [0.3, 0.4) is 0 Å². The molecule has 2 aromatic carbocycles. The topological polar surface area (TPSA) is 29.1 Å². The summed E-state index contributed by atoms with van der Waals surface area (Å²) < 4.78 is 12.8. The van der Waals surface area contributed by atoms with Gasteiger partial charge in [0.05, 0.1) is 0 Å². The van der Waals surface area contributed by atoms with Crippen molar-refractivity contribution >= 4 is 11.6 Å². The Balaban J connectivity index is 2.12. The van der Waals surface area contributed by atoms with Gasteiger partial charge in [0, 0.05) is 11.3 Å². The summed E-state index contributed by atoms with van der Waals surface area (Å²) in [6, 6.07) is 13.4. The van der Waals surface area contributed by atoms with E-state index < -0.39 is 0 Å². The molecule has 0 saturated carbocycles. The van der Waals surface area contributed by atoms with Gasteiger partial charge in [0.25, 0.3) is 5.91 Å². The third-order valence-corrected chi connectivity index (χ3v) is 3.03. The summed E-state index contributed by atoms with van der Waals surface area (Å²) in [7, 11) is 0. The van der Waals surface area contributed by atoms with Gasteiger partial charge in [-0.2, -0.15) is 0 Å². The number of nitrogens with one attached hydrogen (secondary N) is 1. The molecule has 3 heteroatoms. The number of anilines is 1. The molecule has 0 fully saturated rings. The number of hydrogen-bond donors (Lipinski definition) is 1. The average Bonchev–Trinajstić information content (AvgIpc) is 2.40. The van der Waals surface area contributed by atoms with Crippen LogP contribution in [0.5, 0.6) is 0 Å². The SMILES string of the molecule is CC(C)(C)Cc1cccc(C(=O)Nc2ccc(F)cc2)c1. The van der Waals surface area contributed by atoms with Gasteiger partial charge in [0.1, 0.15) is 5.82 Å². The van der Waals surface area contributed by atoms with E-state index in [1.807, 2.05) is 18.2 Å². The maximum atomic E-state index is 12.8. The Morgan fingerprint density at radius 3 is 2.38 bits per heavy atom. The lowest BCUT2D eigenvalue weighted by molar-refractivity contribution is 0.102. The number of benzene rings is 2. The fourth-order valence-electron chi connectivity index (χ4n) is 2.17. The van der Waals surface area contributed by atoms with Crippen LogP contribution in [-0.2, 0) is 6.42 Å². The van der Waals surface area contributed by atoms with Crippen molar-refractivity contribution in [2.75, 3.05) is 5.32 Å². The zero-order chi connectivity index (χ0) is 15.5. The number of hydrogen-bond acceptors (Lipinski definition) is 1. The Morgan fingerprint density at radius 2 is 1.76 bits per heavy atom. The highest BCUT2D eigenvalue weighted by Gasteiger charge is 2.13. The molecule has 0 saturated heterocycles. The van der Waals surface area contributed by atoms with Gasteiger partial charge in [0.15, 0.2) is 0 Å². The van der Waals surface area contributed by atoms with Gasteiger partial charge in [-0.25, -0.2) is 4.39 Å². The van der Waals surface area contributed by atoms with Crippen LogP contribution in [0.2, 0.25) is 0 Å². The van der Waals surface area contributed by atoms with Crippen LogP contribution in [0, 0.1) is 11.2 Å². The third-order valence-electron chi connectivity index (χ3n) is 3.03. The van der Waals surface area contributed by atoms with Crippen LogP contribution in [0.1, 0.15) is 36.7 Å². The summed E-state index contributed by atoms with van der Waals surface area (Å²) >= 11 is 0. The molecule has 0 heterocycles. The van der Waals surface area contributed by atoms with E-state index in [4.69, 9.17) is 0 Å². The van der Waals surface area contributed by atoms with Crippen molar-refractivity contribution in [1.82, 2.24) is 0 Å². The largest absolute Gasteiger partial charge is 0.322 e. The van der Waals surface area contributed by atoms with Crippen LogP contribution >= 0.6 is 0 Å². The van der Waals surface area contributed by atoms with E-state index in [1.54, 1.807) is 18.2 Å². The Hall–Kier alpha value is -2.16. The van der Waals surface area contributed by atoms with Crippen molar-refractivity contribution in [3.8, 4) is 0 Å². The molecule has 0 bridgehead atoms. The van der Waals surface area contributed by atoms with Crippen molar-refractivity contribution in [2.45, 2.75) is 27.2 Å². The van der Waals surface area contributed by atoms with E-state index in [-0.39, 0.29) is 17.1 Å². The van der Waals surface area contributed by atoms with E-state index in [1.165, 1.54) is 12.1 Å². The molecule has 0 aliphatic heterocycles. The first-order chi connectivity index (χ1) is 9.83. The highest BCUT2D eigenvalue weighted by molar-refractivity contribution is 6.04. The summed E-state index contributed by atoms with van der Waals surface area (Å²) in [4.78, 5) is 12.2. The van der Waals surface area contributed by atoms with Gasteiger partial charge in [-0.1, -0.05) is 32.9 Å². The Morgan fingerprint density at radius 1 is 1.10 bits per heavy atom. The number of halogens is 1. The highest BCUT2D eigenvalue weighted by Crippen LogP contribution is 2.21. The Labute approximate surface area is 125 Å². The average molecular weight is 285 g/mol. The van der Waals surface area contributed by atoms with Crippen molar-refractivity contribution < 1.29 is 9.18 Å². The lowest BCUT2D eigenvalue weighted by Crippen LogP contribution is -2.13. The Kier molecular flexibility index (Phi) is 4.41. The zero-order valence-corrected chi connectivity index (χ0v) is 12.6. The molecule has 0 aliphatic rings. The summed E-state index contributed by atoms with van der Waals surface area (Å²) in [5.41, 5.74) is 2.50. The van der Waals surface area contributed by atoms with Gasteiger partial charge in [-0.05, 0) is 53.8 Å². The van der Waals surface area contributed by atoms with Crippen LogP contribution in [0.4, 0.5) is 10.1 Å². The lowest BCUT2D eigenvalue weighted by Gasteiger charge is -2.18. The van der Waals surface area contributed by atoms with E-state index in [0.717, 1.165) is 12.0 Å². The molecule has 0 aliphatic carbocycles. The second kappa shape index (κ2) is 6.08. The molecule has 0 radical (unpaired) electrons. The number of carbonyl (C=O) groups excluding carboxylic acids is 1. The molecule has 2 nitrogen and oxygen atoms in total. The minimum absolute atomic E-state index is 0.173. The highest BCUT2D eigenvalue weighted by atomic mass is 19.1. The van der Waals surface area contributed by atoms with Crippen molar-refractivity contribution in [3.63, 3.8) is 0 Å². The predicted octanol–water partition coefficient (Wildman–Crippen LogP) is 4.67. The normalized spacial score (nSPS) is 11.2. The molecule has 21 heavy (non-hydrogen) atoms. The summed E-state index contributed by atoms with van der Waals surface area (Å²) in [6.45, 7) is 6.49. The maximum absolute atomic E-state index is 12.8. The molecule has 110 valence electrons. The molecule has 1 amide bonds. The molecular weight excluding hydrogens is 265 g/mol. The van der Waals surface area contributed by atoms with E-state index in [0.29, 0.717) is 11.3 Å². The minimum atomic E-state index is -0.319. The molecular formula is C18H20FNO. The monoisotopic (exact) mass is 285 g/mol. The van der Waals surface area contributed by atoms with Crippen molar-refractivity contribution in [1.29, 1.82) is 0 Å². The van der Waals surface area contributed by atoms with Crippen LogP contribution < -0.4 is 5.32 Å². The lowest BCUT2D eigenvalue weighted by atomic mass is 9.87. The fourth-order valence-corrected chi connectivity index (χ4v) is 2.17. The van der Waals surface area contributed by atoms with E-state index in [2.05, 4.69) is 26.1 Å². The number of carbonyl (C=O) groups is 1. The molecule has 0 unspecified atom stereocenters. The molecule has 0 aromatic heterocycles. The molecule has 0 spiro atoms. The first kappa shape index (κ1) is 15.2. The second-order valence-electron chi connectivity index (χ2n) is 6.40. The van der Waals surface area contributed by atoms with E-state index in [9.17, 15) is 9.18 Å². The third kappa shape index (κ3) is 4.71. The molecule has 1 N–H and O–H groups in total. The smallest absolute Gasteiger partial charge is 0.255 e. The zero-order valence-electron chi connectivity index (χ0n) is 12.6. The minimum Gasteiger partial charge on any atom is -0.322 e. The molecule has 2 aromatic rings. The van der Waals surface area contributed by atoms with Crippen LogP contribution in [-0.4, -0.2) is 5.91 Å². The molecule has 0 atom stereocenters. The van der Waals surface area contributed by atoms with Gasteiger partial charge < -0.3 is 5.32 Å². The quantitative estimate of drug-likeness (QED) is 0.872. The first-order valence-corrected chi connectivity index (χ1v) is 6.99.